The van der Waals surface area contributed by atoms with Crippen LogP contribution in [0.1, 0.15) is 96.3 Å². The lowest BCUT2D eigenvalue weighted by atomic mass is 9.38. The number of rotatable bonds is 11. The Kier molecular flexibility index (Phi) is 9.04. The van der Waals surface area contributed by atoms with Crippen LogP contribution in [-0.2, 0) is 9.31 Å². The highest BCUT2D eigenvalue weighted by molar-refractivity contribution is 7.99. The van der Waals surface area contributed by atoms with Crippen LogP contribution in [-0.4, -0.2) is 38.6 Å². The third kappa shape index (κ3) is 5.97. The molecule has 0 unspecified atom stereocenters. The van der Waals surface area contributed by atoms with Crippen molar-refractivity contribution in [1.29, 1.82) is 0 Å². The van der Waals surface area contributed by atoms with Crippen molar-refractivity contribution in [2.75, 3.05) is 24.7 Å². The molecule has 4 fully saturated rings. The highest BCUT2D eigenvalue weighted by atomic mass is 32.2. The molecule has 158 valence electrons. The molecular formula is C23H42B2O2S. The van der Waals surface area contributed by atoms with Gasteiger partial charge in [-0.25, -0.2) is 0 Å². The maximum atomic E-state index is 6.37. The second-order valence-electron chi connectivity index (χ2n) is 10.1. The van der Waals surface area contributed by atoms with E-state index in [1.165, 1.54) is 108 Å². The SMILES string of the molecule is C(CCSCCCOB1C2CCCC1CCC2)COB1C2CCCC1CCC2. The van der Waals surface area contributed by atoms with Crippen molar-refractivity contribution in [2.45, 2.75) is 120 Å². The van der Waals surface area contributed by atoms with Crippen LogP contribution in [0.5, 0.6) is 0 Å². The molecule has 2 nitrogen and oxygen atoms in total. The molecule has 0 aromatic heterocycles. The summed E-state index contributed by atoms with van der Waals surface area (Å²) in [6, 6.07) is 0. The lowest BCUT2D eigenvalue weighted by molar-refractivity contribution is 0.263. The predicted molar refractivity (Wildman–Crippen MR) is 125 cm³/mol. The van der Waals surface area contributed by atoms with E-state index in [0.717, 1.165) is 36.5 Å². The summed E-state index contributed by atoms with van der Waals surface area (Å²) in [7, 11) is 0. The highest BCUT2D eigenvalue weighted by Crippen LogP contribution is 2.47. The van der Waals surface area contributed by atoms with Crippen LogP contribution < -0.4 is 0 Å². The molecule has 5 heteroatoms. The van der Waals surface area contributed by atoms with Crippen molar-refractivity contribution in [3.63, 3.8) is 0 Å². The van der Waals surface area contributed by atoms with Gasteiger partial charge in [0.15, 0.2) is 0 Å². The van der Waals surface area contributed by atoms with Gasteiger partial charge in [0.2, 0.25) is 0 Å². The zero-order chi connectivity index (χ0) is 19.0. The van der Waals surface area contributed by atoms with E-state index in [4.69, 9.17) is 9.31 Å². The van der Waals surface area contributed by atoms with E-state index in [1.807, 2.05) is 0 Å². The fraction of sp³-hybridized carbons (Fsp3) is 1.00. The summed E-state index contributed by atoms with van der Waals surface area (Å²) in [5.74, 6) is 6.15. The van der Waals surface area contributed by atoms with Gasteiger partial charge >= 0.3 is 0 Å². The zero-order valence-electron chi connectivity index (χ0n) is 18.1. The second-order valence-corrected chi connectivity index (χ2v) is 11.3. The number of unbranched alkanes of at least 4 members (excludes halogenated alkanes) is 1. The Hall–Kier alpha value is 0.400. The molecule has 4 saturated heterocycles. The van der Waals surface area contributed by atoms with Gasteiger partial charge in [-0.15, -0.1) is 0 Å². The molecule has 4 heterocycles. The normalized spacial score (nSPS) is 32.6. The first-order valence-corrected chi connectivity index (χ1v) is 13.9. The maximum absolute atomic E-state index is 6.37. The molecular weight excluding hydrogens is 362 g/mol. The molecule has 0 amide bonds. The Balaban J connectivity index is 0.981. The van der Waals surface area contributed by atoms with E-state index in [2.05, 4.69) is 11.8 Å². The molecule has 28 heavy (non-hydrogen) atoms. The Morgan fingerprint density at radius 1 is 0.536 bits per heavy atom. The van der Waals surface area contributed by atoms with Gasteiger partial charge in [-0.05, 0) is 54.0 Å². The van der Waals surface area contributed by atoms with E-state index in [9.17, 15) is 0 Å². The van der Waals surface area contributed by atoms with Crippen molar-refractivity contribution in [1.82, 2.24) is 0 Å². The van der Waals surface area contributed by atoms with E-state index in [-0.39, 0.29) is 0 Å². The summed E-state index contributed by atoms with van der Waals surface area (Å²) in [6.45, 7) is 3.24. The van der Waals surface area contributed by atoms with Crippen molar-refractivity contribution < 1.29 is 9.31 Å². The smallest absolute Gasteiger partial charge is 0.299 e. The van der Waals surface area contributed by atoms with Gasteiger partial charge < -0.3 is 9.31 Å². The van der Waals surface area contributed by atoms with E-state index in [1.54, 1.807) is 0 Å². The first kappa shape index (κ1) is 21.6. The number of hydrogen-bond acceptors (Lipinski definition) is 3. The van der Waals surface area contributed by atoms with Gasteiger partial charge in [0.25, 0.3) is 13.8 Å². The molecule has 0 atom stereocenters. The van der Waals surface area contributed by atoms with Crippen LogP contribution in [0.4, 0.5) is 0 Å². The molecule has 4 rings (SSSR count). The standard InChI is InChI=1S/C23H42B2O2S/c1(16-26-24-20-8-3-9-21(24)11-4-10-20)2-18-28-19-7-17-27-25-22-12-5-13-23(25)15-6-14-22/h20-23H,1-19H2. The fourth-order valence-corrected chi connectivity index (χ4v) is 7.72. The highest BCUT2D eigenvalue weighted by Gasteiger charge is 2.41. The minimum Gasteiger partial charge on any atom is -0.435 e. The number of hydrogen-bond donors (Lipinski definition) is 0. The molecule has 0 aromatic rings. The number of fused-ring (bicyclic) bond motifs is 4. The Labute approximate surface area is 179 Å². The quantitative estimate of drug-likeness (QED) is 0.270. The van der Waals surface area contributed by atoms with Gasteiger partial charge in [0.1, 0.15) is 0 Å². The zero-order valence-corrected chi connectivity index (χ0v) is 18.9. The van der Waals surface area contributed by atoms with Crippen molar-refractivity contribution in [2.24, 2.45) is 0 Å². The average Bonchev–Trinajstić information content (AvgIpc) is 2.69. The summed E-state index contributed by atoms with van der Waals surface area (Å²) in [5, 5.41) is 0. The van der Waals surface area contributed by atoms with Crippen LogP contribution in [0.3, 0.4) is 0 Å². The van der Waals surface area contributed by atoms with Crippen molar-refractivity contribution in [3.05, 3.63) is 0 Å². The van der Waals surface area contributed by atoms with Crippen LogP contribution in [0, 0.1) is 0 Å². The first-order valence-electron chi connectivity index (χ1n) is 12.7. The molecule has 4 aliphatic rings. The van der Waals surface area contributed by atoms with Crippen LogP contribution in [0.15, 0.2) is 0 Å². The molecule has 4 aliphatic heterocycles. The minimum atomic E-state index is 0.615. The summed E-state index contributed by atoms with van der Waals surface area (Å²) < 4.78 is 12.7. The third-order valence-electron chi connectivity index (χ3n) is 8.19. The lowest BCUT2D eigenvalue weighted by Gasteiger charge is -2.39. The fourth-order valence-electron chi connectivity index (χ4n) is 6.78. The summed E-state index contributed by atoms with van der Waals surface area (Å²) in [6.07, 6.45) is 21.1. The molecule has 4 bridgehead atoms. The third-order valence-corrected chi connectivity index (χ3v) is 9.35. The Morgan fingerprint density at radius 3 is 1.39 bits per heavy atom. The van der Waals surface area contributed by atoms with Crippen LogP contribution >= 0.6 is 11.8 Å². The van der Waals surface area contributed by atoms with Gasteiger partial charge in [-0.3, -0.25) is 0 Å². The summed E-state index contributed by atoms with van der Waals surface area (Å²) in [5.41, 5.74) is 0. The van der Waals surface area contributed by atoms with Gasteiger partial charge in [0.05, 0.1) is 0 Å². The van der Waals surface area contributed by atoms with Crippen molar-refractivity contribution in [3.8, 4) is 0 Å². The monoisotopic (exact) mass is 404 g/mol. The molecule has 0 spiro atoms. The van der Waals surface area contributed by atoms with Crippen molar-refractivity contribution >= 4 is 25.6 Å². The number of thioether (sulfide) groups is 1. The molecule has 0 radical (unpaired) electrons. The van der Waals surface area contributed by atoms with E-state index < -0.39 is 0 Å². The molecule has 0 saturated carbocycles. The average molecular weight is 404 g/mol. The Bertz CT molecular complexity index is 368. The maximum Gasteiger partial charge on any atom is 0.299 e. The largest absolute Gasteiger partial charge is 0.435 e. The van der Waals surface area contributed by atoms with Crippen LogP contribution in [0.2, 0.25) is 23.3 Å². The van der Waals surface area contributed by atoms with Gasteiger partial charge in [-0.1, -0.05) is 77.0 Å². The molecule has 0 aliphatic carbocycles. The second kappa shape index (κ2) is 11.7. The van der Waals surface area contributed by atoms with Crippen LogP contribution in [0.25, 0.3) is 0 Å². The molecule has 0 N–H and O–H groups in total. The summed E-state index contributed by atoms with van der Waals surface area (Å²) >= 11 is 2.13. The van der Waals surface area contributed by atoms with E-state index >= 15 is 0 Å². The summed E-state index contributed by atoms with van der Waals surface area (Å²) in [4.78, 5) is 0. The Morgan fingerprint density at radius 2 is 0.929 bits per heavy atom. The predicted octanol–water partition coefficient (Wildman–Crippen LogP) is 7.12. The minimum absolute atomic E-state index is 0.615. The topological polar surface area (TPSA) is 18.5 Å². The molecule has 0 aromatic carbocycles. The van der Waals surface area contributed by atoms with E-state index in [0.29, 0.717) is 13.8 Å². The van der Waals surface area contributed by atoms with Gasteiger partial charge in [-0.2, -0.15) is 11.8 Å². The van der Waals surface area contributed by atoms with Gasteiger partial charge in [0, 0.05) is 13.2 Å². The first-order chi connectivity index (χ1) is 13.9. The lowest BCUT2D eigenvalue weighted by Crippen LogP contribution is -2.37.